The molecule has 31 heavy (non-hydrogen) atoms. The molecular formula is C24H26N4O3. The van der Waals surface area contributed by atoms with E-state index in [9.17, 15) is 14.9 Å². The number of anilines is 1. The molecular weight excluding hydrogens is 392 g/mol. The van der Waals surface area contributed by atoms with Crippen LogP contribution in [0.25, 0.3) is 0 Å². The summed E-state index contributed by atoms with van der Waals surface area (Å²) in [5, 5.41) is 14.7. The topological polar surface area (TPSA) is 78.7 Å². The van der Waals surface area contributed by atoms with Crippen molar-refractivity contribution in [2.45, 2.75) is 18.4 Å². The second kappa shape index (κ2) is 7.81. The Labute approximate surface area is 181 Å². The van der Waals surface area contributed by atoms with Crippen LogP contribution in [0.3, 0.4) is 0 Å². The van der Waals surface area contributed by atoms with Gasteiger partial charge in [0.25, 0.3) is 11.6 Å². The Morgan fingerprint density at radius 1 is 1.10 bits per heavy atom. The number of nitrogens with one attached hydrogen (secondary N) is 1. The van der Waals surface area contributed by atoms with E-state index in [-0.39, 0.29) is 28.5 Å². The van der Waals surface area contributed by atoms with E-state index < -0.39 is 0 Å². The van der Waals surface area contributed by atoms with Gasteiger partial charge in [-0.05, 0) is 36.6 Å². The van der Waals surface area contributed by atoms with Crippen LogP contribution >= 0.6 is 0 Å². The van der Waals surface area contributed by atoms with E-state index in [0.717, 1.165) is 49.4 Å². The molecule has 7 nitrogen and oxygen atoms in total. The highest BCUT2D eigenvalue weighted by atomic mass is 16.6. The van der Waals surface area contributed by atoms with Crippen molar-refractivity contribution in [2.24, 2.45) is 5.92 Å². The van der Waals surface area contributed by atoms with Crippen molar-refractivity contribution < 1.29 is 9.72 Å². The average molecular weight is 418 g/mol. The number of likely N-dealkylation sites (N-methyl/N-ethyl adjacent to an activating group) is 1. The normalized spacial score (nSPS) is 24.9. The number of nitro benzene ring substituents is 1. The van der Waals surface area contributed by atoms with Gasteiger partial charge in [-0.1, -0.05) is 36.4 Å². The molecule has 2 aliphatic heterocycles. The number of carbonyl (C=O) groups excluding carboxylic acids is 1. The zero-order chi connectivity index (χ0) is 21.5. The quantitative estimate of drug-likeness (QED) is 0.466. The minimum atomic E-state index is -0.375. The summed E-state index contributed by atoms with van der Waals surface area (Å²) < 4.78 is 0. The van der Waals surface area contributed by atoms with Gasteiger partial charge < -0.3 is 15.1 Å². The van der Waals surface area contributed by atoms with E-state index in [1.165, 1.54) is 0 Å². The maximum Gasteiger partial charge on any atom is 0.269 e. The molecule has 0 bridgehead atoms. The average Bonchev–Trinajstić information content (AvgIpc) is 3.28. The fraction of sp³-hybridized carbons (Fsp3) is 0.375. The monoisotopic (exact) mass is 418 g/mol. The number of non-ortho nitro benzene ring substituents is 1. The molecule has 1 amide bonds. The Kier molecular flexibility index (Phi) is 4.98. The molecule has 5 rings (SSSR count). The Hall–Kier alpha value is -3.19. The molecule has 2 heterocycles. The number of piperazine rings is 1. The van der Waals surface area contributed by atoms with E-state index in [1.54, 1.807) is 12.1 Å². The molecule has 1 N–H and O–H groups in total. The van der Waals surface area contributed by atoms with Gasteiger partial charge in [-0.3, -0.25) is 14.9 Å². The first-order chi connectivity index (χ1) is 15.0. The second-order valence-electron chi connectivity index (χ2n) is 8.69. The number of nitrogens with zero attached hydrogens (tertiary/aromatic N) is 3. The summed E-state index contributed by atoms with van der Waals surface area (Å²) in [5.74, 6) is 0.625. The van der Waals surface area contributed by atoms with Gasteiger partial charge in [-0.2, -0.15) is 0 Å². The zero-order valence-electron chi connectivity index (χ0n) is 17.5. The van der Waals surface area contributed by atoms with Crippen molar-refractivity contribution in [1.82, 2.24) is 9.80 Å². The third-order valence-corrected chi connectivity index (χ3v) is 6.88. The van der Waals surface area contributed by atoms with E-state index in [2.05, 4.69) is 35.5 Å². The molecule has 1 saturated heterocycles. The van der Waals surface area contributed by atoms with Gasteiger partial charge in [0.05, 0.1) is 22.2 Å². The lowest BCUT2D eigenvalue weighted by atomic mass is 9.76. The van der Waals surface area contributed by atoms with Crippen LogP contribution in [0.1, 0.15) is 39.9 Å². The molecule has 160 valence electrons. The first kappa shape index (κ1) is 19.8. The maximum atomic E-state index is 13.4. The molecule has 3 unspecified atom stereocenters. The van der Waals surface area contributed by atoms with Gasteiger partial charge in [-0.15, -0.1) is 0 Å². The van der Waals surface area contributed by atoms with Crippen LogP contribution in [0.2, 0.25) is 0 Å². The first-order valence-corrected chi connectivity index (χ1v) is 10.8. The number of hydrogen-bond donors (Lipinski definition) is 1. The van der Waals surface area contributed by atoms with Gasteiger partial charge in [0.2, 0.25) is 0 Å². The molecule has 0 saturated carbocycles. The van der Waals surface area contributed by atoms with Gasteiger partial charge in [0.1, 0.15) is 0 Å². The predicted molar refractivity (Wildman–Crippen MR) is 119 cm³/mol. The van der Waals surface area contributed by atoms with Crippen molar-refractivity contribution in [3.05, 3.63) is 81.4 Å². The number of nitro groups is 1. The van der Waals surface area contributed by atoms with Gasteiger partial charge >= 0.3 is 0 Å². The molecule has 7 heteroatoms. The third-order valence-electron chi connectivity index (χ3n) is 6.88. The van der Waals surface area contributed by atoms with Crippen LogP contribution < -0.4 is 5.32 Å². The summed E-state index contributed by atoms with van der Waals surface area (Å²) in [6.45, 7) is 3.23. The Bertz CT molecular complexity index is 1040. The summed E-state index contributed by atoms with van der Waals surface area (Å²) in [4.78, 5) is 28.3. The van der Waals surface area contributed by atoms with Crippen molar-refractivity contribution in [3.63, 3.8) is 0 Å². The third kappa shape index (κ3) is 3.49. The van der Waals surface area contributed by atoms with E-state index in [0.29, 0.717) is 11.5 Å². The number of hydrogen-bond acceptors (Lipinski definition) is 5. The van der Waals surface area contributed by atoms with E-state index in [1.807, 2.05) is 29.2 Å². The van der Waals surface area contributed by atoms with Gasteiger partial charge in [0, 0.05) is 44.2 Å². The molecule has 0 aromatic heterocycles. The van der Waals surface area contributed by atoms with E-state index >= 15 is 0 Å². The summed E-state index contributed by atoms with van der Waals surface area (Å²) in [6, 6.07) is 12.8. The highest BCUT2D eigenvalue weighted by Crippen LogP contribution is 2.50. The molecule has 2 aromatic rings. The van der Waals surface area contributed by atoms with Crippen molar-refractivity contribution in [1.29, 1.82) is 0 Å². The Morgan fingerprint density at radius 3 is 2.55 bits per heavy atom. The van der Waals surface area contributed by atoms with Crippen LogP contribution in [0.15, 0.2) is 54.6 Å². The minimum absolute atomic E-state index is 0.00487. The standard InChI is InChI=1S/C24H26N4O3/c1-26-12-14-27(15-13-26)24(29)21-7-3-6-20-18-4-2-5-19(18)22(25-23(20)21)16-8-10-17(11-9-16)28(30)31/h2-4,6-11,18-19,22,25H,5,12-15H2,1H3. The smallest absolute Gasteiger partial charge is 0.269 e. The minimum Gasteiger partial charge on any atom is -0.377 e. The molecule has 0 radical (unpaired) electrons. The number of benzene rings is 2. The number of amides is 1. The fourth-order valence-corrected chi connectivity index (χ4v) is 5.11. The van der Waals surface area contributed by atoms with Gasteiger partial charge in [0.15, 0.2) is 0 Å². The lowest BCUT2D eigenvalue weighted by Crippen LogP contribution is -2.47. The molecule has 3 atom stereocenters. The summed E-state index contributed by atoms with van der Waals surface area (Å²) >= 11 is 0. The fourth-order valence-electron chi connectivity index (χ4n) is 5.11. The largest absolute Gasteiger partial charge is 0.377 e. The lowest BCUT2D eigenvalue weighted by molar-refractivity contribution is -0.384. The van der Waals surface area contributed by atoms with Crippen LogP contribution in [0.4, 0.5) is 11.4 Å². The number of rotatable bonds is 3. The molecule has 0 spiro atoms. The van der Waals surface area contributed by atoms with Crippen LogP contribution in [-0.4, -0.2) is 53.9 Å². The Balaban J connectivity index is 1.50. The summed E-state index contributed by atoms with van der Waals surface area (Å²) in [7, 11) is 2.08. The lowest BCUT2D eigenvalue weighted by Gasteiger charge is -2.39. The van der Waals surface area contributed by atoms with Gasteiger partial charge in [-0.25, -0.2) is 0 Å². The zero-order valence-corrected chi connectivity index (χ0v) is 17.5. The number of para-hydroxylation sites is 1. The van der Waals surface area contributed by atoms with Crippen molar-refractivity contribution >= 4 is 17.3 Å². The van der Waals surface area contributed by atoms with Crippen LogP contribution in [-0.2, 0) is 0 Å². The van der Waals surface area contributed by atoms with Crippen molar-refractivity contribution in [3.8, 4) is 0 Å². The number of carbonyl (C=O) groups is 1. The van der Waals surface area contributed by atoms with Crippen molar-refractivity contribution in [2.75, 3.05) is 38.5 Å². The van der Waals surface area contributed by atoms with E-state index in [4.69, 9.17) is 0 Å². The first-order valence-electron chi connectivity index (χ1n) is 10.8. The highest BCUT2D eigenvalue weighted by molar-refractivity contribution is 6.01. The molecule has 3 aliphatic rings. The van der Waals surface area contributed by atoms with Crippen LogP contribution in [0, 0.1) is 16.0 Å². The number of allylic oxidation sites excluding steroid dienone is 2. The SMILES string of the molecule is CN1CCN(C(=O)c2cccc3c2NC(c2ccc([N+](=O)[O-])cc2)C2CC=CC32)CC1. The number of fused-ring (bicyclic) bond motifs is 3. The summed E-state index contributed by atoms with van der Waals surface area (Å²) in [6.07, 6.45) is 5.39. The molecule has 1 fully saturated rings. The maximum absolute atomic E-state index is 13.4. The molecule has 2 aromatic carbocycles. The highest BCUT2D eigenvalue weighted by Gasteiger charge is 2.39. The molecule has 1 aliphatic carbocycles. The summed E-state index contributed by atoms with van der Waals surface area (Å²) in [5.41, 5.74) is 3.89. The predicted octanol–water partition coefficient (Wildman–Crippen LogP) is 3.81. The Morgan fingerprint density at radius 2 is 1.84 bits per heavy atom. The van der Waals surface area contributed by atoms with Crippen LogP contribution in [0.5, 0.6) is 0 Å². The second-order valence-corrected chi connectivity index (χ2v) is 8.69.